The fraction of sp³-hybridized carbons (Fsp3) is 0.111. The van der Waals surface area contributed by atoms with Crippen molar-refractivity contribution in [1.29, 1.82) is 0 Å². The first kappa shape index (κ1) is 10.2. The molecule has 0 bridgehead atoms. The Kier molecular flexibility index (Phi) is 2.85. The van der Waals surface area contributed by atoms with E-state index in [1.54, 1.807) is 18.2 Å². The van der Waals surface area contributed by atoms with Crippen molar-refractivity contribution in [1.82, 2.24) is 0 Å². The topological polar surface area (TPSA) is 42.9 Å². The maximum atomic E-state index is 11.6. The Labute approximate surface area is 82.4 Å². The fourth-order valence-corrected chi connectivity index (χ4v) is 1.96. The SMILES string of the molecule is [C-]#[N+]C([N+]#[C-])S(=O)(=O)c1ccccc1. The van der Waals surface area contributed by atoms with Gasteiger partial charge in [-0.25, -0.2) is 31.3 Å². The summed E-state index contributed by atoms with van der Waals surface area (Å²) in [5.41, 5.74) is -1.66. The molecule has 1 rings (SSSR count). The molecule has 5 heteroatoms. The Morgan fingerprint density at radius 2 is 1.57 bits per heavy atom. The van der Waals surface area contributed by atoms with Crippen LogP contribution in [0.2, 0.25) is 0 Å². The van der Waals surface area contributed by atoms with Gasteiger partial charge in [-0.2, -0.15) is 0 Å². The first-order chi connectivity index (χ1) is 6.62. The summed E-state index contributed by atoms with van der Waals surface area (Å²) in [5.74, 6) is 0. The number of sulfone groups is 1. The number of benzene rings is 1. The largest absolute Gasteiger partial charge is 0.582 e. The molecule has 0 spiro atoms. The van der Waals surface area contributed by atoms with Crippen molar-refractivity contribution in [2.24, 2.45) is 0 Å². The molecule has 14 heavy (non-hydrogen) atoms. The summed E-state index contributed by atoms with van der Waals surface area (Å²) < 4.78 is 23.1. The van der Waals surface area contributed by atoms with Gasteiger partial charge in [0.1, 0.15) is 0 Å². The highest BCUT2D eigenvalue weighted by atomic mass is 32.2. The number of hydrogen-bond donors (Lipinski definition) is 0. The van der Waals surface area contributed by atoms with Crippen molar-refractivity contribution in [3.05, 3.63) is 53.2 Å². The second-order valence-corrected chi connectivity index (χ2v) is 4.43. The smallest absolute Gasteiger partial charge is 0.223 e. The Hall–Kier alpha value is -1.85. The van der Waals surface area contributed by atoms with E-state index in [1.807, 2.05) is 0 Å². The molecule has 1 aromatic carbocycles. The summed E-state index contributed by atoms with van der Waals surface area (Å²) in [5, 5.41) is 0. The van der Waals surface area contributed by atoms with Gasteiger partial charge in [0.25, 0.3) is 0 Å². The predicted octanol–water partition coefficient (Wildman–Crippen LogP) is 1.58. The minimum Gasteiger partial charge on any atom is -0.223 e. The van der Waals surface area contributed by atoms with E-state index >= 15 is 0 Å². The molecular weight excluding hydrogens is 200 g/mol. The van der Waals surface area contributed by atoms with E-state index in [-0.39, 0.29) is 4.90 Å². The predicted molar refractivity (Wildman–Crippen MR) is 50.6 cm³/mol. The highest BCUT2D eigenvalue weighted by Crippen LogP contribution is 2.17. The van der Waals surface area contributed by atoms with Crippen LogP contribution >= 0.6 is 0 Å². The minimum absolute atomic E-state index is 0.0111. The van der Waals surface area contributed by atoms with E-state index in [0.717, 1.165) is 0 Å². The van der Waals surface area contributed by atoms with Gasteiger partial charge >= 0.3 is 15.3 Å². The lowest BCUT2D eigenvalue weighted by molar-refractivity contribution is 0.593. The second-order valence-electron chi connectivity index (χ2n) is 2.44. The third kappa shape index (κ3) is 1.73. The van der Waals surface area contributed by atoms with Crippen LogP contribution in [-0.2, 0) is 9.84 Å². The molecule has 0 aliphatic carbocycles. The zero-order chi connectivity index (χ0) is 10.6. The van der Waals surface area contributed by atoms with Gasteiger partial charge in [0.15, 0.2) is 0 Å². The summed E-state index contributed by atoms with van der Waals surface area (Å²) >= 11 is 0. The maximum absolute atomic E-state index is 11.6. The Morgan fingerprint density at radius 3 is 2.00 bits per heavy atom. The average Bonchev–Trinajstić information content (AvgIpc) is 2.20. The number of nitrogens with zero attached hydrogens (tertiary/aromatic N) is 2. The molecule has 0 saturated carbocycles. The van der Waals surface area contributed by atoms with Crippen molar-refractivity contribution in [3.63, 3.8) is 0 Å². The van der Waals surface area contributed by atoms with Gasteiger partial charge < -0.3 is 0 Å². The third-order valence-corrected chi connectivity index (χ3v) is 3.27. The van der Waals surface area contributed by atoms with Gasteiger partial charge in [-0.1, -0.05) is 18.2 Å². The molecule has 0 aromatic heterocycles. The first-order valence-electron chi connectivity index (χ1n) is 3.65. The van der Waals surface area contributed by atoms with Gasteiger partial charge in [0.2, 0.25) is 0 Å². The Bertz CT molecular complexity index is 480. The van der Waals surface area contributed by atoms with Crippen LogP contribution in [0.1, 0.15) is 0 Å². The van der Waals surface area contributed by atoms with Crippen molar-refractivity contribution in [3.8, 4) is 0 Å². The normalized spacial score (nSPS) is 10.5. The highest BCUT2D eigenvalue weighted by Gasteiger charge is 2.37. The molecule has 0 N–H and O–H groups in total. The van der Waals surface area contributed by atoms with Crippen LogP contribution in [0.4, 0.5) is 0 Å². The average molecular weight is 206 g/mol. The van der Waals surface area contributed by atoms with Crippen LogP contribution < -0.4 is 0 Å². The van der Waals surface area contributed by atoms with E-state index < -0.39 is 15.3 Å². The zero-order valence-corrected chi connectivity index (χ0v) is 7.90. The summed E-state index contributed by atoms with van der Waals surface area (Å²) in [6.45, 7) is 13.2. The van der Waals surface area contributed by atoms with E-state index in [4.69, 9.17) is 13.1 Å². The van der Waals surface area contributed by atoms with E-state index in [9.17, 15) is 8.42 Å². The van der Waals surface area contributed by atoms with Crippen LogP contribution in [0.15, 0.2) is 35.2 Å². The van der Waals surface area contributed by atoms with Crippen LogP contribution in [0.3, 0.4) is 0 Å². The fourth-order valence-electron chi connectivity index (χ4n) is 0.900. The van der Waals surface area contributed by atoms with Crippen molar-refractivity contribution < 1.29 is 8.42 Å². The summed E-state index contributed by atoms with van der Waals surface area (Å²) in [6, 6.07) is 7.52. The lowest BCUT2D eigenvalue weighted by atomic mass is 10.4. The standard InChI is InChI=1S/C9H6N2O2S/c1-10-9(11-2)14(12,13)8-6-4-3-5-7-8/h3-7,9H. The van der Waals surface area contributed by atoms with Gasteiger partial charge in [-0.05, 0) is 12.1 Å². The van der Waals surface area contributed by atoms with Crippen LogP contribution in [0.25, 0.3) is 9.69 Å². The lowest BCUT2D eigenvalue weighted by Gasteiger charge is -1.96. The highest BCUT2D eigenvalue weighted by molar-refractivity contribution is 7.92. The quantitative estimate of drug-likeness (QED) is 0.689. The van der Waals surface area contributed by atoms with Crippen LogP contribution in [0.5, 0.6) is 0 Å². The molecule has 1 aromatic rings. The third-order valence-electron chi connectivity index (χ3n) is 1.57. The van der Waals surface area contributed by atoms with Gasteiger partial charge in [0.05, 0.1) is 4.90 Å². The van der Waals surface area contributed by atoms with Crippen molar-refractivity contribution in [2.45, 2.75) is 10.4 Å². The Morgan fingerprint density at radius 1 is 1.07 bits per heavy atom. The molecule has 0 radical (unpaired) electrons. The van der Waals surface area contributed by atoms with Gasteiger partial charge in [-0.3, -0.25) is 0 Å². The van der Waals surface area contributed by atoms with Crippen molar-refractivity contribution in [2.75, 3.05) is 0 Å². The molecule has 0 amide bonds. The molecule has 0 saturated heterocycles. The molecule has 0 atom stereocenters. The minimum atomic E-state index is -3.81. The number of hydrogen-bond acceptors (Lipinski definition) is 2. The summed E-state index contributed by atoms with van der Waals surface area (Å²) in [7, 11) is -3.81. The molecule has 0 heterocycles. The summed E-state index contributed by atoms with van der Waals surface area (Å²) in [4.78, 5) is 5.54. The van der Waals surface area contributed by atoms with Gasteiger partial charge in [-0.15, -0.1) is 0 Å². The molecular formula is C9H6N2O2S. The second kappa shape index (κ2) is 3.91. The molecule has 4 nitrogen and oxygen atoms in total. The molecule has 0 fully saturated rings. The molecule has 0 aliphatic rings. The monoisotopic (exact) mass is 206 g/mol. The Balaban J connectivity index is 3.25. The number of rotatable bonds is 2. The van der Waals surface area contributed by atoms with Gasteiger partial charge in [0, 0.05) is 0 Å². The van der Waals surface area contributed by atoms with E-state index in [0.29, 0.717) is 0 Å². The van der Waals surface area contributed by atoms with Crippen LogP contribution in [0, 0.1) is 13.1 Å². The van der Waals surface area contributed by atoms with E-state index in [2.05, 4.69) is 9.69 Å². The molecule has 70 valence electrons. The van der Waals surface area contributed by atoms with Crippen molar-refractivity contribution >= 4 is 9.84 Å². The van der Waals surface area contributed by atoms with E-state index in [1.165, 1.54) is 12.1 Å². The maximum Gasteiger partial charge on any atom is 0.582 e. The summed E-state index contributed by atoms with van der Waals surface area (Å²) in [6.07, 6.45) is 0. The van der Waals surface area contributed by atoms with Crippen LogP contribution in [-0.4, -0.2) is 13.9 Å². The molecule has 0 unspecified atom stereocenters. The molecule has 0 aliphatic heterocycles. The first-order valence-corrected chi connectivity index (χ1v) is 5.19. The lowest BCUT2D eigenvalue weighted by Crippen LogP contribution is -2.13. The zero-order valence-electron chi connectivity index (χ0n) is 7.08.